The van der Waals surface area contributed by atoms with Crippen molar-refractivity contribution >= 4 is 5.69 Å². The molecule has 2 nitrogen and oxygen atoms in total. The molecule has 1 N–H and O–H groups in total. The summed E-state index contributed by atoms with van der Waals surface area (Å²) in [6.07, 6.45) is 5.90. The van der Waals surface area contributed by atoms with E-state index in [1.807, 2.05) is 6.07 Å². The van der Waals surface area contributed by atoms with E-state index in [-0.39, 0.29) is 0 Å². The quantitative estimate of drug-likeness (QED) is 0.762. The lowest BCUT2D eigenvalue weighted by atomic mass is 9.98. The summed E-state index contributed by atoms with van der Waals surface area (Å²) >= 11 is 0. The molecule has 0 radical (unpaired) electrons. The summed E-state index contributed by atoms with van der Waals surface area (Å²) in [6.45, 7) is 1.10. The topological polar surface area (TPSA) is 25.2 Å². The third-order valence-electron chi connectivity index (χ3n) is 2.90. The van der Waals surface area contributed by atoms with Crippen molar-refractivity contribution < 1.29 is 4.42 Å². The molecular formula is C13H13NO. The van der Waals surface area contributed by atoms with Crippen molar-refractivity contribution in [2.24, 2.45) is 0 Å². The van der Waals surface area contributed by atoms with Gasteiger partial charge >= 0.3 is 0 Å². The second kappa shape index (κ2) is 3.46. The number of aryl methyl sites for hydroxylation is 1. The van der Waals surface area contributed by atoms with Crippen molar-refractivity contribution in [2.45, 2.75) is 12.8 Å². The molecule has 15 heavy (non-hydrogen) atoms. The van der Waals surface area contributed by atoms with Crippen LogP contribution in [0.2, 0.25) is 0 Å². The van der Waals surface area contributed by atoms with Crippen LogP contribution < -0.4 is 5.32 Å². The Balaban J connectivity index is 2.04. The molecule has 1 aliphatic rings. The number of hydrogen-bond donors (Lipinski definition) is 1. The monoisotopic (exact) mass is 199 g/mol. The molecule has 0 bridgehead atoms. The van der Waals surface area contributed by atoms with Crippen LogP contribution in [-0.4, -0.2) is 6.54 Å². The van der Waals surface area contributed by atoms with E-state index in [2.05, 4.69) is 23.5 Å². The number of fused-ring (bicyclic) bond motifs is 1. The molecule has 0 unspecified atom stereocenters. The summed E-state index contributed by atoms with van der Waals surface area (Å²) in [5.74, 6) is 0. The zero-order chi connectivity index (χ0) is 10.1. The predicted molar refractivity (Wildman–Crippen MR) is 61.0 cm³/mol. The van der Waals surface area contributed by atoms with Gasteiger partial charge in [0.05, 0.1) is 12.5 Å². The van der Waals surface area contributed by atoms with E-state index in [1.165, 1.54) is 29.7 Å². The van der Waals surface area contributed by atoms with Gasteiger partial charge in [0.1, 0.15) is 0 Å². The van der Waals surface area contributed by atoms with Crippen molar-refractivity contribution in [1.82, 2.24) is 0 Å². The van der Waals surface area contributed by atoms with Crippen molar-refractivity contribution in [2.75, 3.05) is 11.9 Å². The Morgan fingerprint density at radius 1 is 1.13 bits per heavy atom. The lowest BCUT2D eigenvalue weighted by Gasteiger charge is -2.18. The first kappa shape index (κ1) is 8.60. The van der Waals surface area contributed by atoms with Gasteiger partial charge in [-0.2, -0.15) is 0 Å². The van der Waals surface area contributed by atoms with E-state index in [0.717, 1.165) is 12.1 Å². The summed E-state index contributed by atoms with van der Waals surface area (Å²) < 4.78 is 5.10. The Hall–Kier alpha value is -1.70. The molecule has 0 fully saturated rings. The molecule has 3 rings (SSSR count). The van der Waals surface area contributed by atoms with Gasteiger partial charge in [0, 0.05) is 17.8 Å². The predicted octanol–water partition coefficient (Wildman–Crippen LogP) is 3.30. The largest absolute Gasteiger partial charge is 0.472 e. The highest BCUT2D eigenvalue weighted by Crippen LogP contribution is 2.28. The van der Waals surface area contributed by atoms with E-state index in [9.17, 15) is 0 Å². The fourth-order valence-electron chi connectivity index (χ4n) is 2.08. The molecule has 2 heterocycles. The van der Waals surface area contributed by atoms with Gasteiger partial charge in [0.2, 0.25) is 0 Å². The fraction of sp³-hybridized carbons (Fsp3) is 0.231. The normalized spacial score (nSPS) is 14.4. The average molecular weight is 199 g/mol. The van der Waals surface area contributed by atoms with Crippen LogP contribution in [0.4, 0.5) is 5.69 Å². The van der Waals surface area contributed by atoms with E-state index in [4.69, 9.17) is 4.42 Å². The van der Waals surface area contributed by atoms with Crippen LogP contribution in [0.5, 0.6) is 0 Å². The molecule has 1 aromatic carbocycles. The van der Waals surface area contributed by atoms with Gasteiger partial charge in [0.25, 0.3) is 0 Å². The van der Waals surface area contributed by atoms with Gasteiger partial charge in [0.15, 0.2) is 0 Å². The smallest absolute Gasteiger partial charge is 0.0980 e. The first-order chi connectivity index (χ1) is 7.43. The molecule has 0 atom stereocenters. The minimum atomic E-state index is 1.10. The Morgan fingerprint density at radius 2 is 2.13 bits per heavy atom. The maximum Gasteiger partial charge on any atom is 0.0980 e. The van der Waals surface area contributed by atoms with Crippen molar-refractivity contribution in [3.63, 3.8) is 0 Å². The summed E-state index contributed by atoms with van der Waals surface area (Å²) in [4.78, 5) is 0. The molecule has 1 aliphatic heterocycles. The van der Waals surface area contributed by atoms with Gasteiger partial charge in [-0.25, -0.2) is 0 Å². The first-order valence-corrected chi connectivity index (χ1v) is 5.33. The summed E-state index contributed by atoms with van der Waals surface area (Å²) in [7, 11) is 0. The molecule has 76 valence electrons. The van der Waals surface area contributed by atoms with Crippen molar-refractivity contribution in [3.8, 4) is 11.1 Å². The summed E-state index contributed by atoms with van der Waals surface area (Å²) in [6, 6.07) is 8.56. The second-order valence-corrected chi connectivity index (χ2v) is 3.91. The zero-order valence-electron chi connectivity index (χ0n) is 8.49. The molecular weight excluding hydrogens is 186 g/mol. The zero-order valence-corrected chi connectivity index (χ0v) is 8.49. The molecule has 0 amide bonds. The van der Waals surface area contributed by atoms with Crippen LogP contribution in [-0.2, 0) is 6.42 Å². The fourth-order valence-corrected chi connectivity index (χ4v) is 2.08. The summed E-state index contributed by atoms with van der Waals surface area (Å²) in [5.41, 5.74) is 5.10. The third-order valence-corrected chi connectivity index (χ3v) is 2.90. The SMILES string of the molecule is c1cc(-c2ccc3c(c2)CCCN3)co1. The summed E-state index contributed by atoms with van der Waals surface area (Å²) in [5, 5.41) is 3.41. The van der Waals surface area contributed by atoms with Crippen molar-refractivity contribution in [3.05, 3.63) is 42.4 Å². The molecule has 0 saturated heterocycles. The first-order valence-electron chi connectivity index (χ1n) is 5.33. The molecule has 1 aromatic heterocycles. The van der Waals surface area contributed by atoms with Gasteiger partial charge in [-0.05, 0) is 42.2 Å². The van der Waals surface area contributed by atoms with Gasteiger partial charge in [-0.1, -0.05) is 6.07 Å². The number of hydrogen-bond acceptors (Lipinski definition) is 2. The maximum atomic E-state index is 5.10. The number of furan rings is 1. The van der Waals surface area contributed by atoms with Crippen LogP contribution >= 0.6 is 0 Å². The standard InChI is InChI=1S/C13H13NO/c1-2-11-8-10(12-5-7-15-9-12)3-4-13(11)14-6-1/h3-5,7-9,14H,1-2,6H2. The van der Waals surface area contributed by atoms with Gasteiger partial charge in [-0.3, -0.25) is 0 Å². The molecule has 0 aliphatic carbocycles. The molecule has 0 saturated carbocycles. The van der Waals surface area contributed by atoms with Crippen LogP contribution in [0.1, 0.15) is 12.0 Å². The highest BCUT2D eigenvalue weighted by Gasteiger charge is 2.09. The van der Waals surface area contributed by atoms with E-state index < -0.39 is 0 Å². The van der Waals surface area contributed by atoms with Crippen LogP contribution in [0.25, 0.3) is 11.1 Å². The molecule has 2 aromatic rings. The minimum Gasteiger partial charge on any atom is -0.472 e. The third kappa shape index (κ3) is 1.52. The van der Waals surface area contributed by atoms with Crippen LogP contribution in [0.15, 0.2) is 41.2 Å². The number of anilines is 1. The number of nitrogens with one attached hydrogen (secondary N) is 1. The Kier molecular flexibility index (Phi) is 1.98. The van der Waals surface area contributed by atoms with Crippen molar-refractivity contribution in [1.29, 1.82) is 0 Å². The Morgan fingerprint density at radius 3 is 3.00 bits per heavy atom. The lowest BCUT2D eigenvalue weighted by Crippen LogP contribution is -2.11. The van der Waals surface area contributed by atoms with E-state index in [0.29, 0.717) is 0 Å². The highest BCUT2D eigenvalue weighted by molar-refractivity contribution is 5.68. The Bertz CT molecular complexity index is 459. The van der Waals surface area contributed by atoms with Crippen LogP contribution in [0.3, 0.4) is 0 Å². The van der Waals surface area contributed by atoms with Gasteiger partial charge < -0.3 is 9.73 Å². The van der Waals surface area contributed by atoms with Crippen LogP contribution in [0, 0.1) is 0 Å². The number of rotatable bonds is 1. The molecule has 0 spiro atoms. The lowest BCUT2D eigenvalue weighted by molar-refractivity contribution is 0.568. The maximum absolute atomic E-state index is 5.10. The molecule has 2 heteroatoms. The van der Waals surface area contributed by atoms with Gasteiger partial charge in [-0.15, -0.1) is 0 Å². The highest BCUT2D eigenvalue weighted by atomic mass is 16.3. The minimum absolute atomic E-state index is 1.10. The second-order valence-electron chi connectivity index (χ2n) is 3.91. The van der Waals surface area contributed by atoms with E-state index in [1.54, 1.807) is 12.5 Å². The van der Waals surface area contributed by atoms with E-state index >= 15 is 0 Å². The Labute approximate surface area is 88.9 Å². The average Bonchev–Trinajstić information content (AvgIpc) is 2.82. The number of benzene rings is 1.